The molecule has 1 unspecified atom stereocenters. The van der Waals surface area contributed by atoms with Gasteiger partial charge in [-0.05, 0) is 88.2 Å². The number of piperazine rings is 1. The number of nitrogens with one attached hydrogen (secondary N) is 1. The molecule has 0 radical (unpaired) electrons. The average Bonchev–Trinajstić information content (AvgIpc) is 3.01. The summed E-state index contributed by atoms with van der Waals surface area (Å²) >= 11 is 12.7. The summed E-state index contributed by atoms with van der Waals surface area (Å²) in [5.74, 6) is 1.25. The van der Waals surface area contributed by atoms with Crippen LogP contribution in [-0.4, -0.2) is 95.2 Å². The number of hydrogen-bond acceptors (Lipinski definition) is 9. The maximum absolute atomic E-state index is 11.1. The fourth-order valence-corrected chi connectivity index (χ4v) is 6.29. The minimum absolute atomic E-state index is 0.334. The van der Waals surface area contributed by atoms with Crippen LogP contribution in [0.5, 0.6) is 11.6 Å². The Morgan fingerprint density at radius 3 is 2.32 bits per heavy atom. The van der Waals surface area contributed by atoms with E-state index >= 15 is 0 Å². The fraction of sp³-hybridized carbons (Fsp3) is 0.500. The summed E-state index contributed by atoms with van der Waals surface area (Å²) in [6.45, 7) is 9.73. The number of benzene rings is 1. The molecule has 1 aromatic carbocycles. The molecule has 0 amide bonds. The Labute approximate surface area is 269 Å². The van der Waals surface area contributed by atoms with Gasteiger partial charge in [0.05, 0.1) is 24.0 Å². The summed E-state index contributed by atoms with van der Waals surface area (Å²) in [4.78, 5) is 32.0. The Bertz CT molecular complexity index is 1370. The van der Waals surface area contributed by atoms with Crippen LogP contribution in [0, 0.1) is 11.8 Å². The van der Waals surface area contributed by atoms with E-state index in [1.807, 2.05) is 25.2 Å². The van der Waals surface area contributed by atoms with Crippen LogP contribution in [-0.2, 0) is 11.3 Å². The van der Waals surface area contributed by atoms with Gasteiger partial charge in [0.1, 0.15) is 0 Å². The monoisotopic (exact) mass is 641 g/mol. The van der Waals surface area contributed by atoms with Gasteiger partial charge in [0.2, 0.25) is 11.8 Å². The number of anilines is 1. The molecule has 236 valence electrons. The number of ether oxygens (including phenoxy) is 1. The van der Waals surface area contributed by atoms with Crippen molar-refractivity contribution in [3.8, 4) is 22.9 Å². The molecule has 2 saturated heterocycles. The van der Waals surface area contributed by atoms with E-state index in [1.54, 1.807) is 25.4 Å². The van der Waals surface area contributed by atoms with Crippen molar-refractivity contribution in [3.63, 3.8) is 0 Å². The number of aliphatic carboxylic acids is 1. The molecule has 0 saturated carbocycles. The Hall–Kier alpha value is -3.02. The highest BCUT2D eigenvalue weighted by Crippen LogP contribution is 2.31. The highest BCUT2D eigenvalue weighted by Gasteiger charge is 2.22. The van der Waals surface area contributed by atoms with Gasteiger partial charge in [0, 0.05) is 54.4 Å². The molecule has 3 aromatic rings. The summed E-state index contributed by atoms with van der Waals surface area (Å²) in [7, 11) is 2.02. The summed E-state index contributed by atoms with van der Waals surface area (Å²) in [6.07, 6.45) is 6.36. The van der Waals surface area contributed by atoms with Gasteiger partial charge in [-0.3, -0.25) is 14.6 Å². The average molecular weight is 643 g/mol. The van der Waals surface area contributed by atoms with Crippen molar-refractivity contribution in [1.82, 2.24) is 30.1 Å². The first kappa shape index (κ1) is 32.4. The van der Waals surface area contributed by atoms with Crippen molar-refractivity contribution >= 4 is 35.1 Å². The minimum Gasteiger partial charge on any atom is -0.481 e. The first-order chi connectivity index (χ1) is 21.2. The number of carboxylic acids is 1. The number of likely N-dealkylation sites (tertiary alicyclic amines) is 1. The molecule has 2 aliphatic rings. The smallest absolute Gasteiger partial charge is 0.306 e. The number of hydrogen-bond donors (Lipinski definition) is 2. The molecule has 2 N–H and O–H groups in total. The van der Waals surface area contributed by atoms with Crippen molar-refractivity contribution in [3.05, 3.63) is 58.3 Å². The zero-order valence-corrected chi connectivity index (χ0v) is 26.9. The van der Waals surface area contributed by atoms with Crippen LogP contribution < -0.4 is 15.0 Å². The molecule has 2 aromatic heterocycles. The predicted molar refractivity (Wildman–Crippen MR) is 174 cm³/mol. The predicted octanol–water partition coefficient (Wildman–Crippen LogP) is 5.30. The molecule has 0 spiro atoms. The number of halogens is 2. The van der Waals surface area contributed by atoms with Crippen LogP contribution in [0.1, 0.15) is 31.7 Å². The zero-order valence-electron chi connectivity index (χ0n) is 25.4. The van der Waals surface area contributed by atoms with Crippen molar-refractivity contribution in [1.29, 1.82) is 0 Å². The molecule has 0 bridgehead atoms. The lowest BCUT2D eigenvalue weighted by molar-refractivity contribution is -0.141. The van der Waals surface area contributed by atoms with Crippen LogP contribution in [0.25, 0.3) is 11.3 Å². The second-order valence-corrected chi connectivity index (χ2v) is 12.7. The molecular weight excluding hydrogens is 601 g/mol. The standard InChI is InChI=1S/C32H41Cl2N7O3/c1-22(31(42)43)3-6-39-9-11-41(12-10-39)32-36-19-28(20-37-32)44-30-14-24(21-40-7-4-23(5-8-40)18-35-2)13-29(38-30)25-15-26(33)17-27(34)16-25/h13-17,19-20,22-23,35H,3-12,18,21H2,1-2H3,(H,42,43). The van der Waals surface area contributed by atoms with Crippen molar-refractivity contribution in [2.24, 2.45) is 11.8 Å². The number of piperidine rings is 1. The van der Waals surface area contributed by atoms with Crippen molar-refractivity contribution in [2.75, 3.05) is 64.3 Å². The van der Waals surface area contributed by atoms with Crippen LogP contribution in [0.2, 0.25) is 10.0 Å². The number of aromatic nitrogens is 3. The molecule has 12 heteroatoms. The Kier molecular flexibility index (Phi) is 11.3. The molecule has 44 heavy (non-hydrogen) atoms. The van der Waals surface area contributed by atoms with Gasteiger partial charge < -0.3 is 20.1 Å². The van der Waals surface area contributed by atoms with E-state index in [0.717, 1.165) is 81.6 Å². The quantitative estimate of drug-likeness (QED) is 0.270. The first-order valence-corrected chi connectivity index (χ1v) is 16.1. The van der Waals surface area contributed by atoms with E-state index in [2.05, 4.69) is 36.1 Å². The first-order valence-electron chi connectivity index (χ1n) is 15.3. The minimum atomic E-state index is -0.744. The second kappa shape index (κ2) is 15.3. The third kappa shape index (κ3) is 9.01. The lowest BCUT2D eigenvalue weighted by Crippen LogP contribution is -2.47. The molecule has 2 aliphatic heterocycles. The third-order valence-electron chi connectivity index (χ3n) is 8.42. The van der Waals surface area contributed by atoms with Gasteiger partial charge in [0.25, 0.3) is 0 Å². The fourth-order valence-electron chi connectivity index (χ4n) is 5.77. The summed E-state index contributed by atoms with van der Waals surface area (Å²) in [5.41, 5.74) is 2.66. The Morgan fingerprint density at radius 2 is 1.68 bits per heavy atom. The Morgan fingerprint density at radius 1 is 1.00 bits per heavy atom. The van der Waals surface area contributed by atoms with E-state index in [-0.39, 0.29) is 5.92 Å². The second-order valence-electron chi connectivity index (χ2n) is 11.8. The van der Waals surface area contributed by atoms with Crippen molar-refractivity contribution < 1.29 is 14.6 Å². The summed E-state index contributed by atoms with van der Waals surface area (Å²) < 4.78 is 6.21. The molecule has 10 nitrogen and oxygen atoms in total. The highest BCUT2D eigenvalue weighted by atomic mass is 35.5. The van der Waals surface area contributed by atoms with Gasteiger partial charge in [-0.15, -0.1) is 0 Å². The number of carbonyl (C=O) groups is 1. The van der Waals surface area contributed by atoms with Gasteiger partial charge in [0.15, 0.2) is 5.75 Å². The van der Waals surface area contributed by atoms with Gasteiger partial charge >= 0.3 is 5.97 Å². The molecule has 2 fully saturated rings. The van der Waals surface area contributed by atoms with Crippen LogP contribution in [0.3, 0.4) is 0 Å². The van der Waals surface area contributed by atoms with Crippen LogP contribution in [0.4, 0.5) is 5.95 Å². The summed E-state index contributed by atoms with van der Waals surface area (Å²) in [6, 6.07) is 9.49. The van der Waals surface area contributed by atoms with E-state index in [0.29, 0.717) is 34.0 Å². The number of nitrogens with zero attached hydrogens (tertiary/aromatic N) is 6. The van der Waals surface area contributed by atoms with E-state index in [4.69, 9.17) is 38.0 Å². The number of pyridine rings is 1. The normalized spacial score (nSPS) is 17.5. The number of rotatable bonds is 12. The Balaban J connectivity index is 1.26. The van der Waals surface area contributed by atoms with Crippen LogP contribution in [0.15, 0.2) is 42.7 Å². The molecule has 0 aliphatic carbocycles. The van der Waals surface area contributed by atoms with E-state index < -0.39 is 5.97 Å². The lowest BCUT2D eigenvalue weighted by Gasteiger charge is -2.34. The SMILES string of the molecule is CNCC1CCN(Cc2cc(Oc3cnc(N4CCN(CCC(C)C(=O)O)CC4)nc3)nc(-c3cc(Cl)cc(Cl)c3)c2)CC1. The maximum atomic E-state index is 11.1. The third-order valence-corrected chi connectivity index (χ3v) is 8.85. The van der Waals surface area contributed by atoms with E-state index in [1.165, 1.54) is 12.8 Å². The maximum Gasteiger partial charge on any atom is 0.306 e. The largest absolute Gasteiger partial charge is 0.481 e. The molecular formula is C32H41Cl2N7O3. The number of carboxylic acid groups (broad SMARTS) is 1. The van der Waals surface area contributed by atoms with E-state index in [9.17, 15) is 4.79 Å². The van der Waals surface area contributed by atoms with Gasteiger partial charge in [-0.1, -0.05) is 30.1 Å². The molecule has 4 heterocycles. The zero-order chi connectivity index (χ0) is 31.1. The highest BCUT2D eigenvalue weighted by molar-refractivity contribution is 6.35. The lowest BCUT2D eigenvalue weighted by atomic mass is 9.96. The van der Waals surface area contributed by atoms with Gasteiger partial charge in [-0.2, -0.15) is 0 Å². The van der Waals surface area contributed by atoms with Gasteiger partial charge in [-0.25, -0.2) is 15.0 Å². The summed E-state index contributed by atoms with van der Waals surface area (Å²) in [5, 5.41) is 13.5. The van der Waals surface area contributed by atoms with Crippen LogP contribution >= 0.6 is 23.2 Å². The molecule has 1 atom stereocenters. The van der Waals surface area contributed by atoms with Crippen molar-refractivity contribution in [2.45, 2.75) is 32.7 Å². The topological polar surface area (TPSA) is 107 Å². The molecule has 5 rings (SSSR count).